The summed E-state index contributed by atoms with van der Waals surface area (Å²) in [5.41, 5.74) is -0.800. The van der Waals surface area contributed by atoms with Gasteiger partial charge in [0.2, 0.25) is 0 Å². The molecule has 3 atom stereocenters. The van der Waals surface area contributed by atoms with Gasteiger partial charge in [0, 0.05) is 5.02 Å². The van der Waals surface area contributed by atoms with E-state index in [1.165, 1.54) is 6.92 Å². The van der Waals surface area contributed by atoms with E-state index in [0.29, 0.717) is 10.6 Å². The number of aliphatic hydroxyl groups excluding tert-OH is 1. The lowest BCUT2D eigenvalue weighted by molar-refractivity contribution is -0.133. The van der Waals surface area contributed by atoms with E-state index in [9.17, 15) is 23.1 Å². The van der Waals surface area contributed by atoms with Gasteiger partial charge < -0.3 is 10.4 Å². The average Bonchev–Trinajstić information content (AvgIpc) is 2.84. The van der Waals surface area contributed by atoms with Crippen molar-refractivity contribution < 1.29 is 23.1 Å². The summed E-state index contributed by atoms with van der Waals surface area (Å²) in [6.07, 6.45) is -1.28. The highest BCUT2D eigenvalue weighted by Gasteiger charge is 2.55. The minimum absolute atomic E-state index is 0.427. The topological polar surface area (TPSA) is 104 Å². The maximum absolute atomic E-state index is 12.8. The van der Waals surface area contributed by atoms with Crippen molar-refractivity contribution in [1.82, 2.24) is 10.2 Å². The Labute approximate surface area is 138 Å². The third-order valence-electron chi connectivity index (χ3n) is 4.27. The first-order valence-electron chi connectivity index (χ1n) is 6.94. The van der Waals surface area contributed by atoms with Crippen molar-refractivity contribution in [3.05, 3.63) is 34.9 Å². The molecule has 2 fully saturated rings. The number of hydrogen-bond donors (Lipinski definition) is 2. The van der Waals surface area contributed by atoms with Crippen molar-refractivity contribution >= 4 is 33.4 Å². The Balaban J connectivity index is 1.95. The Morgan fingerprint density at radius 3 is 2.39 bits per heavy atom. The molecule has 23 heavy (non-hydrogen) atoms. The first-order chi connectivity index (χ1) is 10.6. The van der Waals surface area contributed by atoms with Gasteiger partial charge in [0.15, 0.2) is 9.84 Å². The van der Waals surface area contributed by atoms with Gasteiger partial charge in [-0.25, -0.2) is 13.2 Å². The molecule has 9 heteroatoms. The lowest BCUT2D eigenvalue weighted by Gasteiger charge is -2.25. The zero-order valence-electron chi connectivity index (χ0n) is 12.2. The monoisotopic (exact) mass is 358 g/mol. The second kappa shape index (κ2) is 5.19. The normalized spacial score (nSPS) is 33.1. The molecule has 7 nitrogen and oxygen atoms in total. The number of urea groups is 1. The van der Waals surface area contributed by atoms with Crippen molar-refractivity contribution in [2.24, 2.45) is 0 Å². The van der Waals surface area contributed by atoms with Crippen LogP contribution >= 0.6 is 11.6 Å². The van der Waals surface area contributed by atoms with Gasteiger partial charge in [-0.1, -0.05) is 23.7 Å². The number of sulfone groups is 1. The summed E-state index contributed by atoms with van der Waals surface area (Å²) < 4.78 is 23.3. The lowest BCUT2D eigenvalue weighted by Crippen LogP contribution is -2.48. The maximum atomic E-state index is 12.8. The van der Waals surface area contributed by atoms with Crippen molar-refractivity contribution in [2.45, 2.75) is 24.6 Å². The largest absolute Gasteiger partial charge is 0.390 e. The molecule has 0 radical (unpaired) electrons. The number of benzene rings is 1. The van der Waals surface area contributed by atoms with E-state index in [2.05, 4.69) is 5.32 Å². The van der Waals surface area contributed by atoms with Gasteiger partial charge in [0.05, 0.1) is 23.7 Å². The van der Waals surface area contributed by atoms with E-state index in [0.717, 1.165) is 4.90 Å². The Kier molecular flexibility index (Phi) is 3.66. The third-order valence-corrected chi connectivity index (χ3v) is 6.22. The number of carbonyl (C=O) groups is 2. The van der Waals surface area contributed by atoms with Crippen molar-refractivity contribution in [1.29, 1.82) is 0 Å². The molecule has 3 amide bonds. The summed E-state index contributed by atoms with van der Waals surface area (Å²) in [4.78, 5) is 25.8. The highest BCUT2D eigenvalue weighted by molar-refractivity contribution is 7.91. The summed E-state index contributed by atoms with van der Waals surface area (Å²) in [5, 5.41) is 13.0. The zero-order chi connectivity index (χ0) is 17.0. The van der Waals surface area contributed by atoms with Gasteiger partial charge in [-0.3, -0.25) is 9.69 Å². The Morgan fingerprint density at radius 2 is 1.87 bits per heavy atom. The molecular weight excluding hydrogens is 344 g/mol. The van der Waals surface area contributed by atoms with Gasteiger partial charge in [-0.2, -0.15) is 0 Å². The van der Waals surface area contributed by atoms with Gasteiger partial charge in [-0.05, 0) is 24.6 Å². The van der Waals surface area contributed by atoms with Gasteiger partial charge in [0.25, 0.3) is 5.91 Å². The summed E-state index contributed by atoms with van der Waals surface area (Å²) in [6, 6.07) is 4.64. The number of imide groups is 1. The molecule has 1 aromatic carbocycles. The van der Waals surface area contributed by atoms with E-state index in [1.807, 2.05) is 0 Å². The second-order valence-corrected chi connectivity index (χ2v) is 8.54. The fourth-order valence-corrected chi connectivity index (χ4v) is 4.89. The first kappa shape index (κ1) is 16.2. The number of aliphatic hydroxyl groups is 1. The van der Waals surface area contributed by atoms with Crippen LogP contribution in [0.2, 0.25) is 5.02 Å². The summed E-state index contributed by atoms with van der Waals surface area (Å²) >= 11 is 5.83. The molecule has 0 unspecified atom stereocenters. The second-order valence-electron chi connectivity index (χ2n) is 5.95. The molecule has 0 aromatic heterocycles. The van der Waals surface area contributed by atoms with Crippen LogP contribution < -0.4 is 5.32 Å². The minimum atomic E-state index is -3.48. The molecule has 2 heterocycles. The fraction of sp³-hybridized carbons (Fsp3) is 0.429. The Morgan fingerprint density at radius 1 is 1.26 bits per heavy atom. The Bertz CT molecular complexity index is 779. The molecule has 2 N–H and O–H groups in total. The predicted molar refractivity (Wildman–Crippen MR) is 82.6 cm³/mol. The Hall–Kier alpha value is -1.64. The quantitative estimate of drug-likeness (QED) is 0.738. The van der Waals surface area contributed by atoms with Crippen LogP contribution in [0.3, 0.4) is 0 Å². The molecule has 0 aliphatic carbocycles. The summed E-state index contributed by atoms with van der Waals surface area (Å²) in [6.45, 7) is 1.53. The minimum Gasteiger partial charge on any atom is -0.390 e. The average molecular weight is 359 g/mol. The molecule has 0 saturated carbocycles. The number of amides is 3. The standard InChI is InChI=1S/C14H15ClN2O5S/c1-14(8-2-4-9(15)5-3-8)12(19)17(13(20)16-14)10-6-23(21,22)7-11(10)18/h2-5,10-11,18H,6-7H2,1H3,(H,16,20)/t10-,11+,14+/m1/s1. The van der Waals surface area contributed by atoms with Crippen molar-refractivity contribution in [3.63, 3.8) is 0 Å². The van der Waals surface area contributed by atoms with Gasteiger partial charge >= 0.3 is 6.03 Å². The molecule has 0 spiro atoms. The number of hydrogen-bond acceptors (Lipinski definition) is 5. The molecule has 2 aliphatic heterocycles. The molecule has 2 saturated heterocycles. The molecule has 2 aliphatic rings. The van der Waals surface area contributed by atoms with Crippen LogP contribution in [0, 0.1) is 0 Å². The van der Waals surface area contributed by atoms with Crippen LogP contribution in [0.25, 0.3) is 0 Å². The van der Waals surface area contributed by atoms with E-state index in [4.69, 9.17) is 11.6 Å². The predicted octanol–water partition coefficient (Wildman–Crippen LogP) is 0.265. The maximum Gasteiger partial charge on any atom is 0.325 e. The molecular formula is C14H15ClN2O5S. The van der Waals surface area contributed by atoms with Crippen LogP contribution in [0.15, 0.2) is 24.3 Å². The highest BCUT2D eigenvalue weighted by atomic mass is 35.5. The number of nitrogens with zero attached hydrogens (tertiary/aromatic N) is 1. The number of halogens is 1. The number of rotatable bonds is 2. The van der Waals surface area contributed by atoms with E-state index < -0.39 is 51.0 Å². The highest BCUT2D eigenvalue weighted by Crippen LogP contribution is 2.33. The summed E-state index contributed by atoms with van der Waals surface area (Å²) in [7, 11) is -3.48. The van der Waals surface area contributed by atoms with Crippen molar-refractivity contribution in [2.75, 3.05) is 11.5 Å². The third kappa shape index (κ3) is 2.60. The van der Waals surface area contributed by atoms with E-state index in [1.54, 1.807) is 24.3 Å². The smallest absolute Gasteiger partial charge is 0.325 e. The lowest BCUT2D eigenvalue weighted by atomic mass is 9.92. The van der Waals surface area contributed by atoms with Crippen molar-refractivity contribution in [3.8, 4) is 0 Å². The molecule has 0 bridgehead atoms. The fourth-order valence-electron chi connectivity index (χ4n) is 3.00. The van der Waals surface area contributed by atoms with Crippen LogP contribution in [0.5, 0.6) is 0 Å². The molecule has 124 valence electrons. The van der Waals surface area contributed by atoms with Crippen LogP contribution in [-0.4, -0.2) is 54.0 Å². The SMILES string of the molecule is C[C@@]1(c2ccc(Cl)cc2)NC(=O)N([C@@H]2CS(=O)(=O)C[C@@H]2O)C1=O. The van der Waals surface area contributed by atoms with Crippen LogP contribution in [-0.2, 0) is 20.2 Å². The van der Waals surface area contributed by atoms with E-state index >= 15 is 0 Å². The van der Waals surface area contributed by atoms with Crippen LogP contribution in [0.4, 0.5) is 4.79 Å². The number of carbonyl (C=O) groups excluding carboxylic acids is 2. The van der Waals surface area contributed by atoms with Gasteiger partial charge in [-0.15, -0.1) is 0 Å². The molecule has 1 aromatic rings. The summed E-state index contributed by atoms with van der Waals surface area (Å²) in [5.74, 6) is -1.47. The van der Waals surface area contributed by atoms with E-state index in [-0.39, 0.29) is 0 Å². The number of nitrogens with one attached hydrogen (secondary N) is 1. The zero-order valence-corrected chi connectivity index (χ0v) is 13.8. The van der Waals surface area contributed by atoms with Gasteiger partial charge in [0.1, 0.15) is 5.54 Å². The van der Waals surface area contributed by atoms with Crippen LogP contribution in [0.1, 0.15) is 12.5 Å². The molecule has 3 rings (SSSR count). The first-order valence-corrected chi connectivity index (χ1v) is 9.14.